The topological polar surface area (TPSA) is 106 Å². The smallest absolute Gasteiger partial charge is 0.387 e. The summed E-state index contributed by atoms with van der Waals surface area (Å²) >= 11 is 0. The highest BCUT2D eigenvalue weighted by Gasteiger charge is 2.17. The summed E-state index contributed by atoms with van der Waals surface area (Å²) in [6.07, 6.45) is 3.10. The number of ether oxygens (including phenoxy) is 2. The molecule has 3 aromatic heterocycles. The zero-order chi connectivity index (χ0) is 26.6. The number of imidazole rings is 1. The van der Waals surface area contributed by atoms with E-state index in [1.54, 1.807) is 43.5 Å². The SMILES string of the molecule is Cc1cc(OCc2nc3ccc(-c4ccc(=O)[nH]c4)cc3n2Cc2ccccc2OC(F)F)cnc1C#N. The molecule has 0 atom stereocenters. The zero-order valence-corrected chi connectivity index (χ0v) is 20.2. The number of fused-ring (bicyclic) bond motifs is 1. The van der Waals surface area contributed by atoms with Crippen molar-refractivity contribution in [3.05, 3.63) is 106 Å². The number of para-hydroxylation sites is 1. The lowest BCUT2D eigenvalue weighted by atomic mass is 10.1. The van der Waals surface area contributed by atoms with Crippen molar-refractivity contribution < 1.29 is 18.3 Å². The van der Waals surface area contributed by atoms with Gasteiger partial charge in [-0.2, -0.15) is 14.0 Å². The summed E-state index contributed by atoms with van der Waals surface area (Å²) in [5.74, 6) is 1.09. The van der Waals surface area contributed by atoms with Crippen molar-refractivity contribution in [3.63, 3.8) is 0 Å². The van der Waals surface area contributed by atoms with Crippen LogP contribution in [0.25, 0.3) is 22.2 Å². The Morgan fingerprint density at radius 1 is 1.11 bits per heavy atom. The predicted octanol–water partition coefficient (Wildman–Crippen LogP) is 5.20. The molecule has 0 saturated carbocycles. The second kappa shape index (κ2) is 10.5. The molecule has 0 aliphatic rings. The average molecular weight is 514 g/mol. The molecule has 0 radical (unpaired) electrons. The molecule has 0 aliphatic heterocycles. The number of H-pyrrole nitrogens is 1. The van der Waals surface area contributed by atoms with Crippen molar-refractivity contribution in [1.29, 1.82) is 5.26 Å². The van der Waals surface area contributed by atoms with Crippen molar-refractivity contribution in [2.75, 3.05) is 0 Å². The second-order valence-corrected chi connectivity index (χ2v) is 8.48. The van der Waals surface area contributed by atoms with E-state index in [1.165, 1.54) is 18.3 Å². The first kappa shape index (κ1) is 24.6. The van der Waals surface area contributed by atoms with Gasteiger partial charge >= 0.3 is 6.61 Å². The minimum atomic E-state index is -2.96. The Hall–Kier alpha value is -5.04. The summed E-state index contributed by atoms with van der Waals surface area (Å²) in [5.41, 5.74) is 4.40. The third kappa shape index (κ3) is 5.22. The molecule has 5 aromatic rings. The second-order valence-electron chi connectivity index (χ2n) is 8.48. The number of nitrogens with zero attached hydrogens (tertiary/aromatic N) is 4. The number of hydrogen-bond donors (Lipinski definition) is 1. The quantitative estimate of drug-likeness (QED) is 0.306. The van der Waals surface area contributed by atoms with Crippen LogP contribution in [-0.4, -0.2) is 26.1 Å². The van der Waals surface area contributed by atoms with E-state index in [2.05, 4.69) is 9.97 Å². The lowest BCUT2D eigenvalue weighted by Gasteiger charge is -2.14. The molecule has 0 unspecified atom stereocenters. The predicted molar refractivity (Wildman–Crippen MR) is 136 cm³/mol. The van der Waals surface area contributed by atoms with Gasteiger partial charge < -0.3 is 19.0 Å². The van der Waals surface area contributed by atoms with Crippen LogP contribution in [-0.2, 0) is 13.2 Å². The van der Waals surface area contributed by atoms with Gasteiger partial charge in [0, 0.05) is 17.8 Å². The Morgan fingerprint density at radius 3 is 2.66 bits per heavy atom. The third-order valence-corrected chi connectivity index (χ3v) is 5.99. The van der Waals surface area contributed by atoms with Crippen LogP contribution in [0.2, 0.25) is 0 Å². The number of aromatic amines is 1. The molecular formula is C28H21F2N5O3. The van der Waals surface area contributed by atoms with Crippen LogP contribution in [0.4, 0.5) is 8.78 Å². The average Bonchev–Trinajstić information content (AvgIpc) is 3.25. The molecule has 10 heteroatoms. The molecule has 5 rings (SSSR count). The first-order valence-corrected chi connectivity index (χ1v) is 11.6. The van der Waals surface area contributed by atoms with E-state index >= 15 is 0 Å². The number of alkyl halides is 2. The summed E-state index contributed by atoms with van der Waals surface area (Å²) in [6, 6.07) is 19.2. The van der Waals surface area contributed by atoms with Gasteiger partial charge in [-0.15, -0.1) is 0 Å². The first-order valence-electron chi connectivity index (χ1n) is 11.6. The highest BCUT2D eigenvalue weighted by Crippen LogP contribution is 2.28. The van der Waals surface area contributed by atoms with Crippen molar-refractivity contribution in [2.45, 2.75) is 26.7 Å². The maximum Gasteiger partial charge on any atom is 0.387 e. The summed E-state index contributed by atoms with van der Waals surface area (Å²) in [4.78, 5) is 23.0. The fourth-order valence-electron chi connectivity index (χ4n) is 4.14. The Kier molecular flexibility index (Phi) is 6.82. The van der Waals surface area contributed by atoms with Crippen molar-refractivity contribution >= 4 is 11.0 Å². The molecule has 38 heavy (non-hydrogen) atoms. The van der Waals surface area contributed by atoms with Gasteiger partial charge in [0.05, 0.1) is 23.8 Å². The van der Waals surface area contributed by atoms with E-state index in [-0.39, 0.29) is 24.5 Å². The van der Waals surface area contributed by atoms with E-state index in [9.17, 15) is 13.6 Å². The third-order valence-electron chi connectivity index (χ3n) is 5.99. The number of nitrogens with one attached hydrogen (secondary N) is 1. The number of aromatic nitrogens is 4. The molecule has 3 heterocycles. The summed E-state index contributed by atoms with van der Waals surface area (Å²) in [6.45, 7) is -0.936. The number of benzene rings is 2. The molecule has 2 aromatic carbocycles. The van der Waals surface area contributed by atoms with Crippen LogP contribution in [0, 0.1) is 18.3 Å². The highest BCUT2D eigenvalue weighted by molar-refractivity contribution is 5.82. The summed E-state index contributed by atoms with van der Waals surface area (Å²) in [5, 5.41) is 9.13. The number of aryl methyl sites for hydroxylation is 1. The summed E-state index contributed by atoms with van der Waals surface area (Å²) < 4.78 is 38.7. The van der Waals surface area contributed by atoms with Crippen molar-refractivity contribution in [3.8, 4) is 28.7 Å². The number of rotatable bonds is 8. The Bertz CT molecular complexity index is 1700. The van der Waals surface area contributed by atoms with Gasteiger partial charge in [-0.05, 0) is 53.9 Å². The minimum absolute atomic E-state index is 0.0631. The van der Waals surface area contributed by atoms with Gasteiger partial charge in [-0.25, -0.2) is 9.97 Å². The maximum atomic E-state index is 13.1. The van der Waals surface area contributed by atoms with Gasteiger partial charge in [0.25, 0.3) is 0 Å². The van der Waals surface area contributed by atoms with Gasteiger partial charge in [-0.1, -0.05) is 24.3 Å². The molecule has 0 bridgehead atoms. The minimum Gasteiger partial charge on any atom is -0.484 e. The van der Waals surface area contributed by atoms with Crippen molar-refractivity contribution in [1.82, 2.24) is 19.5 Å². The molecule has 190 valence electrons. The van der Waals surface area contributed by atoms with Crippen LogP contribution in [0.5, 0.6) is 11.5 Å². The van der Waals surface area contributed by atoms with E-state index in [1.807, 2.05) is 28.8 Å². The van der Waals surface area contributed by atoms with E-state index in [0.29, 0.717) is 33.9 Å². The Labute approximate surface area is 215 Å². The van der Waals surface area contributed by atoms with Crippen molar-refractivity contribution in [2.24, 2.45) is 0 Å². The molecule has 0 amide bonds. The highest BCUT2D eigenvalue weighted by atomic mass is 19.3. The van der Waals surface area contributed by atoms with E-state index < -0.39 is 6.61 Å². The van der Waals surface area contributed by atoms with Crippen LogP contribution >= 0.6 is 0 Å². The molecule has 0 aliphatic carbocycles. The van der Waals surface area contributed by atoms with Gasteiger partial charge in [0.1, 0.15) is 35.7 Å². The fourth-order valence-corrected chi connectivity index (χ4v) is 4.14. The lowest BCUT2D eigenvalue weighted by Crippen LogP contribution is -2.11. The number of nitriles is 1. The molecule has 0 fully saturated rings. The molecule has 0 spiro atoms. The van der Waals surface area contributed by atoms with E-state index in [4.69, 9.17) is 19.7 Å². The normalized spacial score (nSPS) is 11.0. The maximum absolute atomic E-state index is 13.1. The Morgan fingerprint density at radius 2 is 1.92 bits per heavy atom. The van der Waals surface area contributed by atoms with E-state index in [0.717, 1.165) is 16.6 Å². The van der Waals surface area contributed by atoms with Crippen LogP contribution in [0.3, 0.4) is 0 Å². The molecular weight excluding hydrogens is 492 g/mol. The molecule has 1 N–H and O–H groups in total. The lowest BCUT2D eigenvalue weighted by molar-refractivity contribution is -0.0504. The molecule has 0 saturated heterocycles. The fraction of sp³-hybridized carbons (Fsp3) is 0.143. The molecule has 8 nitrogen and oxygen atoms in total. The largest absolute Gasteiger partial charge is 0.484 e. The van der Waals surface area contributed by atoms with Gasteiger partial charge in [-0.3, -0.25) is 4.79 Å². The standard InChI is InChI=1S/C28H21F2N5O3/c1-17-10-21(14-32-23(17)12-31)37-16-26-34-22-8-6-18(19-7-9-27(36)33-13-19)11-24(22)35(26)15-20-4-2-3-5-25(20)38-28(29)30/h2-11,13-14,28H,15-16H2,1H3,(H,33,36). The monoisotopic (exact) mass is 513 g/mol. The number of pyridine rings is 2. The van der Waals surface area contributed by atoms with Gasteiger partial charge in [0.2, 0.25) is 5.56 Å². The van der Waals surface area contributed by atoms with Gasteiger partial charge in [0.15, 0.2) is 0 Å². The first-order chi connectivity index (χ1) is 18.4. The Balaban J connectivity index is 1.56. The number of hydrogen-bond acceptors (Lipinski definition) is 6. The van der Waals surface area contributed by atoms with Crippen LogP contribution in [0.1, 0.15) is 22.6 Å². The van der Waals surface area contributed by atoms with Crippen LogP contribution in [0.15, 0.2) is 77.9 Å². The zero-order valence-electron chi connectivity index (χ0n) is 20.2. The number of halogens is 2. The van der Waals surface area contributed by atoms with Crippen LogP contribution < -0.4 is 15.0 Å². The summed E-state index contributed by atoms with van der Waals surface area (Å²) in [7, 11) is 0.